The Morgan fingerprint density at radius 3 is 1.67 bits per heavy atom. The van der Waals surface area contributed by atoms with E-state index in [4.69, 9.17) is 9.05 Å². The number of unbranched alkanes of at least 4 members (excludes halogenated alkanes) is 15. The molecule has 0 aliphatic rings. The van der Waals surface area contributed by atoms with E-state index >= 15 is 0 Å². The van der Waals surface area contributed by atoms with Crippen molar-refractivity contribution in [1.82, 2.24) is 0 Å². The molecule has 36 heavy (non-hydrogen) atoms. The summed E-state index contributed by atoms with van der Waals surface area (Å²) in [5.74, 6) is 0.0743. The largest absolute Gasteiger partial charge is 0.472 e. The van der Waals surface area contributed by atoms with Gasteiger partial charge in [0, 0.05) is 6.42 Å². The van der Waals surface area contributed by atoms with Crippen LogP contribution in [-0.2, 0) is 18.4 Å². The molecule has 2 unspecified atom stereocenters. The molecule has 0 spiro atoms. The summed E-state index contributed by atoms with van der Waals surface area (Å²) in [5.41, 5.74) is 0. The van der Waals surface area contributed by atoms with E-state index < -0.39 is 7.82 Å². The number of phosphoric acid groups is 1. The normalized spacial score (nSPS) is 14.6. The number of nitrogens with zero attached hydrogens (tertiary/aromatic N) is 1. The van der Waals surface area contributed by atoms with Gasteiger partial charge in [-0.3, -0.25) is 9.05 Å². The number of carbonyl (C=O) groups excluding carboxylic acids is 1. The van der Waals surface area contributed by atoms with E-state index in [1.165, 1.54) is 83.5 Å². The molecule has 1 N–H and O–H groups in total. The number of hydrogen-bond donors (Lipinski definition) is 1. The monoisotopic (exact) mass is 534 g/mol. The average Bonchev–Trinajstić information content (AvgIpc) is 2.78. The average molecular weight is 535 g/mol. The van der Waals surface area contributed by atoms with Gasteiger partial charge in [-0.1, -0.05) is 103 Å². The van der Waals surface area contributed by atoms with Crippen LogP contribution in [0.3, 0.4) is 0 Å². The Balaban J connectivity index is 3.83. The van der Waals surface area contributed by atoms with Gasteiger partial charge in [0.2, 0.25) is 0 Å². The Bertz CT molecular complexity index is 564. The van der Waals surface area contributed by atoms with Crippen LogP contribution in [0.5, 0.6) is 0 Å². The first-order valence-corrected chi connectivity index (χ1v) is 16.5. The summed E-state index contributed by atoms with van der Waals surface area (Å²) in [6, 6.07) is 0. The SMILES string of the molecule is CCCCCCCCCCCCCCCCCC(COP(=O)(O)OCCCC[N+](C)(C)C)CC(C)=O. The lowest BCUT2D eigenvalue weighted by molar-refractivity contribution is -0.870. The van der Waals surface area contributed by atoms with Gasteiger partial charge in [-0.05, 0) is 32.1 Å². The van der Waals surface area contributed by atoms with Crippen LogP contribution in [0.2, 0.25) is 0 Å². The second-order valence-electron chi connectivity index (χ2n) is 11.8. The van der Waals surface area contributed by atoms with E-state index in [0.29, 0.717) is 6.42 Å². The summed E-state index contributed by atoms with van der Waals surface area (Å²) in [5, 5.41) is 0. The van der Waals surface area contributed by atoms with Gasteiger partial charge in [-0.15, -0.1) is 0 Å². The molecule has 0 aliphatic heterocycles. The number of carbonyl (C=O) groups is 1. The highest BCUT2D eigenvalue weighted by Gasteiger charge is 2.24. The molecule has 0 amide bonds. The van der Waals surface area contributed by atoms with Crippen molar-refractivity contribution in [3.63, 3.8) is 0 Å². The predicted molar refractivity (Wildman–Crippen MR) is 152 cm³/mol. The van der Waals surface area contributed by atoms with Crippen LogP contribution in [0, 0.1) is 5.92 Å². The van der Waals surface area contributed by atoms with Gasteiger partial charge in [0.25, 0.3) is 0 Å². The Morgan fingerprint density at radius 1 is 0.750 bits per heavy atom. The van der Waals surface area contributed by atoms with Crippen LogP contribution in [0.25, 0.3) is 0 Å². The number of Topliss-reactive ketones (excluding diaryl/α,β-unsaturated/α-hetero) is 1. The van der Waals surface area contributed by atoms with Crippen LogP contribution in [0.4, 0.5) is 0 Å². The van der Waals surface area contributed by atoms with Crippen molar-refractivity contribution in [2.24, 2.45) is 5.92 Å². The van der Waals surface area contributed by atoms with E-state index in [1.54, 1.807) is 6.92 Å². The fraction of sp³-hybridized carbons (Fsp3) is 0.966. The molecule has 2 atom stereocenters. The minimum Gasteiger partial charge on any atom is -0.331 e. The summed E-state index contributed by atoms with van der Waals surface area (Å²) >= 11 is 0. The molecule has 0 rings (SSSR count). The van der Waals surface area contributed by atoms with Crippen LogP contribution >= 0.6 is 7.82 Å². The van der Waals surface area contributed by atoms with E-state index in [0.717, 1.165) is 43.1 Å². The highest BCUT2D eigenvalue weighted by molar-refractivity contribution is 7.47. The van der Waals surface area contributed by atoms with E-state index in [-0.39, 0.29) is 24.9 Å². The number of quaternary nitrogens is 1. The van der Waals surface area contributed by atoms with Crippen LogP contribution in [-0.4, -0.2) is 56.1 Å². The van der Waals surface area contributed by atoms with Crippen molar-refractivity contribution in [1.29, 1.82) is 0 Å². The summed E-state index contributed by atoms with van der Waals surface area (Å²) in [4.78, 5) is 21.6. The molecular formula is C29H61NO5P+. The van der Waals surface area contributed by atoms with Crippen LogP contribution < -0.4 is 0 Å². The van der Waals surface area contributed by atoms with Crippen LogP contribution in [0.1, 0.15) is 136 Å². The molecule has 0 aromatic rings. The third-order valence-electron chi connectivity index (χ3n) is 6.74. The smallest absolute Gasteiger partial charge is 0.331 e. The van der Waals surface area contributed by atoms with Gasteiger partial charge >= 0.3 is 7.82 Å². The quantitative estimate of drug-likeness (QED) is 0.0650. The van der Waals surface area contributed by atoms with Crippen molar-refractivity contribution < 1.29 is 27.8 Å². The molecular weight excluding hydrogens is 473 g/mol. The summed E-state index contributed by atoms with van der Waals surface area (Å²) in [6.45, 7) is 5.14. The van der Waals surface area contributed by atoms with E-state index in [9.17, 15) is 14.3 Å². The molecule has 0 aromatic heterocycles. The van der Waals surface area contributed by atoms with E-state index in [1.807, 2.05) is 0 Å². The lowest BCUT2D eigenvalue weighted by atomic mass is 9.96. The molecule has 6 nitrogen and oxygen atoms in total. The van der Waals surface area contributed by atoms with Gasteiger partial charge in [-0.2, -0.15) is 0 Å². The third-order valence-corrected chi connectivity index (χ3v) is 7.73. The highest BCUT2D eigenvalue weighted by Crippen LogP contribution is 2.44. The Hall–Kier alpha value is -0.260. The highest BCUT2D eigenvalue weighted by atomic mass is 31.2. The zero-order valence-corrected chi connectivity index (χ0v) is 25.5. The first kappa shape index (κ1) is 35.7. The zero-order valence-electron chi connectivity index (χ0n) is 24.6. The van der Waals surface area contributed by atoms with Crippen molar-refractivity contribution in [3.8, 4) is 0 Å². The topological polar surface area (TPSA) is 72.8 Å². The maximum Gasteiger partial charge on any atom is 0.472 e. The number of ketones is 1. The summed E-state index contributed by atoms with van der Waals surface area (Å²) < 4.78 is 23.4. The van der Waals surface area contributed by atoms with Crippen molar-refractivity contribution >= 4 is 13.6 Å². The number of hydrogen-bond acceptors (Lipinski definition) is 4. The van der Waals surface area contributed by atoms with Gasteiger partial charge in [0.1, 0.15) is 5.78 Å². The maximum absolute atomic E-state index is 12.2. The lowest BCUT2D eigenvalue weighted by Gasteiger charge is -2.23. The van der Waals surface area contributed by atoms with Gasteiger partial charge < -0.3 is 14.2 Å². The maximum atomic E-state index is 12.2. The minimum atomic E-state index is -4.06. The Labute approximate surface area is 224 Å². The summed E-state index contributed by atoms with van der Waals surface area (Å²) in [7, 11) is 2.30. The number of rotatable bonds is 27. The van der Waals surface area contributed by atoms with Gasteiger partial charge in [0.05, 0.1) is 40.9 Å². The number of phosphoric ester groups is 1. The van der Waals surface area contributed by atoms with Crippen molar-refractivity contribution in [2.75, 3.05) is 40.9 Å². The molecule has 0 saturated carbocycles. The zero-order chi connectivity index (χ0) is 27.1. The second kappa shape index (κ2) is 22.7. The second-order valence-corrected chi connectivity index (χ2v) is 13.3. The molecule has 0 bridgehead atoms. The van der Waals surface area contributed by atoms with Crippen molar-refractivity contribution in [3.05, 3.63) is 0 Å². The van der Waals surface area contributed by atoms with Crippen molar-refractivity contribution in [2.45, 2.75) is 136 Å². The van der Waals surface area contributed by atoms with Gasteiger partial charge in [0.15, 0.2) is 0 Å². The lowest BCUT2D eigenvalue weighted by Crippen LogP contribution is -2.35. The fourth-order valence-corrected chi connectivity index (χ4v) is 5.39. The first-order chi connectivity index (χ1) is 17.1. The standard InChI is InChI=1S/C29H60NO5P/c1-6-7-8-9-10-11-12-13-14-15-16-17-18-19-20-23-29(26-28(2)31)27-35-36(32,33)34-25-22-21-24-30(3,4)5/h29H,6-27H2,1-5H3/p+1. The van der Waals surface area contributed by atoms with Gasteiger partial charge in [-0.25, -0.2) is 4.57 Å². The predicted octanol–water partition coefficient (Wildman–Crippen LogP) is 8.46. The molecule has 0 heterocycles. The summed E-state index contributed by atoms with van der Waals surface area (Å²) in [6.07, 6.45) is 22.7. The third kappa shape index (κ3) is 26.8. The molecule has 216 valence electrons. The first-order valence-electron chi connectivity index (χ1n) is 15.0. The minimum absolute atomic E-state index is 0.0215. The molecule has 0 radical (unpaired) electrons. The van der Waals surface area contributed by atoms with Crippen LogP contribution in [0.15, 0.2) is 0 Å². The Morgan fingerprint density at radius 2 is 1.22 bits per heavy atom. The molecule has 0 aliphatic carbocycles. The Kier molecular flexibility index (Phi) is 22.5. The van der Waals surface area contributed by atoms with E-state index in [2.05, 4.69) is 28.1 Å². The molecule has 0 fully saturated rings. The molecule has 0 saturated heterocycles. The fourth-order valence-electron chi connectivity index (χ4n) is 4.56. The molecule has 0 aromatic carbocycles. The molecule has 7 heteroatoms.